The Hall–Kier alpha value is -4.19. The van der Waals surface area contributed by atoms with Crippen molar-refractivity contribution in [1.29, 1.82) is 0 Å². The second-order valence-electron chi connectivity index (χ2n) is 6.47. The number of nitrogens with zero attached hydrogens (tertiary/aromatic N) is 3. The summed E-state index contributed by atoms with van der Waals surface area (Å²) < 4.78 is 6.92. The van der Waals surface area contributed by atoms with Crippen LogP contribution >= 0.6 is 0 Å². The topological polar surface area (TPSA) is 68.5 Å². The predicted molar refractivity (Wildman–Crippen MR) is 117 cm³/mol. The number of aromatic nitrogens is 2. The second-order valence-corrected chi connectivity index (χ2v) is 6.47. The van der Waals surface area contributed by atoms with Gasteiger partial charge in [-0.05, 0) is 30.3 Å². The van der Waals surface area contributed by atoms with E-state index in [1.54, 1.807) is 24.1 Å². The van der Waals surface area contributed by atoms with Crippen LogP contribution in [0.1, 0.15) is 16.1 Å². The van der Waals surface area contributed by atoms with E-state index in [2.05, 4.69) is 15.6 Å². The van der Waals surface area contributed by atoms with Gasteiger partial charge in [0.25, 0.3) is 5.91 Å². The fourth-order valence-corrected chi connectivity index (χ4v) is 3.05. The SMILES string of the molecule is COc1ccccc1/C=N/NC(=O)c1cc(-c2ccccc2)nn1-c1ccccc1. The number of hydrazone groups is 1. The van der Waals surface area contributed by atoms with Crippen molar-refractivity contribution >= 4 is 12.1 Å². The van der Waals surface area contributed by atoms with Crippen LogP contribution in [0.5, 0.6) is 5.75 Å². The van der Waals surface area contributed by atoms with Crippen LogP contribution in [-0.4, -0.2) is 29.0 Å². The van der Waals surface area contributed by atoms with E-state index in [0.29, 0.717) is 17.1 Å². The molecule has 1 aromatic heterocycles. The first-order valence-electron chi connectivity index (χ1n) is 9.43. The Balaban J connectivity index is 1.64. The highest BCUT2D eigenvalue weighted by atomic mass is 16.5. The van der Waals surface area contributed by atoms with Gasteiger partial charge in [0.2, 0.25) is 0 Å². The lowest BCUT2D eigenvalue weighted by atomic mass is 10.1. The van der Waals surface area contributed by atoms with Crippen LogP contribution < -0.4 is 10.2 Å². The number of methoxy groups -OCH3 is 1. The standard InChI is InChI=1S/C24H20N4O2/c1-30-23-15-9-8-12-19(23)17-25-26-24(29)22-16-21(18-10-4-2-5-11-18)27-28(22)20-13-6-3-7-14-20/h2-17H,1H3,(H,26,29)/b25-17+. The highest BCUT2D eigenvalue weighted by Gasteiger charge is 2.17. The molecule has 0 fully saturated rings. The molecule has 1 amide bonds. The van der Waals surface area contributed by atoms with E-state index in [1.807, 2.05) is 84.9 Å². The fourth-order valence-electron chi connectivity index (χ4n) is 3.05. The van der Waals surface area contributed by atoms with Gasteiger partial charge in [0.15, 0.2) is 0 Å². The van der Waals surface area contributed by atoms with E-state index in [-0.39, 0.29) is 5.91 Å². The number of hydrogen-bond donors (Lipinski definition) is 1. The van der Waals surface area contributed by atoms with Crippen molar-refractivity contribution in [2.75, 3.05) is 7.11 Å². The molecule has 1 N–H and O–H groups in total. The quantitative estimate of drug-likeness (QED) is 0.390. The number of rotatable bonds is 6. The predicted octanol–water partition coefficient (Wildman–Crippen LogP) is 4.31. The van der Waals surface area contributed by atoms with Crippen LogP contribution in [0.25, 0.3) is 16.9 Å². The molecule has 6 nitrogen and oxygen atoms in total. The van der Waals surface area contributed by atoms with Crippen molar-refractivity contribution in [3.8, 4) is 22.7 Å². The lowest BCUT2D eigenvalue weighted by Crippen LogP contribution is -2.21. The van der Waals surface area contributed by atoms with E-state index >= 15 is 0 Å². The zero-order valence-electron chi connectivity index (χ0n) is 16.4. The molecule has 4 aromatic rings. The number of benzene rings is 3. The number of carbonyl (C=O) groups excluding carboxylic acids is 1. The Labute approximate surface area is 174 Å². The Bertz CT molecular complexity index is 1170. The average molecular weight is 396 g/mol. The molecule has 0 aliphatic heterocycles. The fraction of sp³-hybridized carbons (Fsp3) is 0.0417. The number of hydrogen-bond acceptors (Lipinski definition) is 4. The molecule has 0 bridgehead atoms. The maximum Gasteiger partial charge on any atom is 0.290 e. The zero-order valence-corrected chi connectivity index (χ0v) is 16.4. The minimum absolute atomic E-state index is 0.361. The van der Waals surface area contributed by atoms with Gasteiger partial charge in [0, 0.05) is 11.1 Å². The minimum atomic E-state index is -0.361. The Morgan fingerprint density at radius 3 is 2.37 bits per heavy atom. The largest absolute Gasteiger partial charge is 0.496 e. The number of para-hydroxylation sites is 2. The summed E-state index contributed by atoms with van der Waals surface area (Å²) in [6, 6.07) is 28.5. The van der Waals surface area contributed by atoms with Crippen molar-refractivity contribution in [3.05, 3.63) is 102 Å². The molecule has 0 radical (unpaired) electrons. The Morgan fingerprint density at radius 1 is 0.967 bits per heavy atom. The smallest absolute Gasteiger partial charge is 0.290 e. The van der Waals surface area contributed by atoms with E-state index in [1.165, 1.54) is 0 Å². The molecule has 1 heterocycles. The van der Waals surface area contributed by atoms with Gasteiger partial charge in [0.05, 0.1) is 24.7 Å². The van der Waals surface area contributed by atoms with Crippen molar-refractivity contribution < 1.29 is 9.53 Å². The number of nitrogens with one attached hydrogen (secondary N) is 1. The Kier molecular flexibility index (Phi) is 5.66. The molecule has 6 heteroatoms. The molecule has 0 spiro atoms. The maximum atomic E-state index is 12.9. The van der Waals surface area contributed by atoms with Gasteiger partial charge < -0.3 is 4.74 Å². The number of amides is 1. The van der Waals surface area contributed by atoms with Gasteiger partial charge in [-0.25, -0.2) is 10.1 Å². The van der Waals surface area contributed by atoms with E-state index in [4.69, 9.17) is 4.74 Å². The molecule has 0 aliphatic carbocycles. The van der Waals surface area contributed by atoms with Crippen LogP contribution in [0.2, 0.25) is 0 Å². The van der Waals surface area contributed by atoms with Gasteiger partial charge in [0.1, 0.15) is 11.4 Å². The summed E-state index contributed by atoms with van der Waals surface area (Å²) in [4.78, 5) is 12.9. The molecule has 0 atom stereocenters. The van der Waals surface area contributed by atoms with Gasteiger partial charge in [-0.15, -0.1) is 0 Å². The first-order chi connectivity index (χ1) is 14.8. The highest BCUT2D eigenvalue weighted by Crippen LogP contribution is 2.21. The molecule has 30 heavy (non-hydrogen) atoms. The summed E-state index contributed by atoms with van der Waals surface area (Å²) in [5.41, 5.74) is 6.17. The van der Waals surface area contributed by atoms with Crippen LogP contribution in [0.3, 0.4) is 0 Å². The lowest BCUT2D eigenvalue weighted by molar-refractivity contribution is 0.0947. The first-order valence-corrected chi connectivity index (χ1v) is 9.43. The first kappa shape index (κ1) is 19.1. The van der Waals surface area contributed by atoms with Crippen LogP contribution in [0.4, 0.5) is 0 Å². The third-order valence-electron chi connectivity index (χ3n) is 4.52. The van der Waals surface area contributed by atoms with E-state index in [0.717, 1.165) is 16.8 Å². The minimum Gasteiger partial charge on any atom is -0.496 e. The van der Waals surface area contributed by atoms with Crippen molar-refractivity contribution in [1.82, 2.24) is 15.2 Å². The zero-order chi connectivity index (χ0) is 20.8. The van der Waals surface area contributed by atoms with Crippen LogP contribution in [-0.2, 0) is 0 Å². The van der Waals surface area contributed by atoms with Crippen molar-refractivity contribution in [2.45, 2.75) is 0 Å². The molecule has 3 aromatic carbocycles. The number of carbonyl (C=O) groups is 1. The number of ether oxygens (including phenoxy) is 1. The van der Waals surface area contributed by atoms with E-state index < -0.39 is 0 Å². The summed E-state index contributed by atoms with van der Waals surface area (Å²) >= 11 is 0. The van der Waals surface area contributed by atoms with Crippen LogP contribution in [0.15, 0.2) is 96.1 Å². The summed E-state index contributed by atoms with van der Waals surface area (Å²) in [5.74, 6) is 0.316. The monoisotopic (exact) mass is 396 g/mol. The normalized spacial score (nSPS) is 10.8. The Morgan fingerprint density at radius 2 is 1.63 bits per heavy atom. The van der Waals surface area contributed by atoms with Gasteiger partial charge >= 0.3 is 0 Å². The molecular weight excluding hydrogens is 376 g/mol. The second kappa shape index (κ2) is 8.87. The molecule has 4 rings (SSSR count). The van der Waals surface area contributed by atoms with Crippen molar-refractivity contribution in [3.63, 3.8) is 0 Å². The van der Waals surface area contributed by atoms with E-state index in [9.17, 15) is 4.79 Å². The summed E-state index contributed by atoms with van der Waals surface area (Å²) in [6.45, 7) is 0. The molecule has 0 saturated carbocycles. The summed E-state index contributed by atoms with van der Waals surface area (Å²) in [5, 5.41) is 8.75. The molecule has 148 valence electrons. The average Bonchev–Trinajstić information content (AvgIpc) is 3.26. The molecular formula is C24H20N4O2. The highest BCUT2D eigenvalue weighted by molar-refractivity contribution is 5.95. The van der Waals surface area contributed by atoms with Crippen LogP contribution in [0, 0.1) is 0 Å². The molecule has 0 saturated heterocycles. The molecule has 0 aliphatic rings. The maximum absolute atomic E-state index is 12.9. The third-order valence-corrected chi connectivity index (χ3v) is 4.52. The third kappa shape index (κ3) is 4.12. The van der Waals surface area contributed by atoms with Gasteiger partial charge in [-0.3, -0.25) is 4.79 Å². The lowest BCUT2D eigenvalue weighted by Gasteiger charge is -2.06. The van der Waals surface area contributed by atoms with Gasteiger partial charge in [-0.2, -0.15) is 10.2 Å². The van der Waals surface area contributed by atoms with Gasteiger partial charge in [-0.1, -0.05) is 60.7 Å². The molecule has 0 unspecified atom stereocenters. The van der Waals surface area contributed by atoms with Crippen molar-refractivity contribution in [2.24, 2.45) is 5.10 Å². The summed E-state index contributed by atoms with van der Waals surface area (Å²) in [7, 11) is 1.59. The summed E-state index contributed by atoms with van der Waals surface area (Å²) in [6.07, 6.45) is 1.55.